The maximum absolute atomic E-state index is 11.7. The van der Waals surface area contributed by atoms with Gasteiger partial charge in [0.2, 0.25) is 17.0 Å². The number of aromatic nitrogens is 2. The van der Waals surface area contributed by atoms with Crippen LogP contribution in [0.3, 0.4) is 0 Å². The number of hydrogen-bond acceptors (Lipinski definition) is 6. The first-order valence-electron chi connectivity index (χ1n) is 5.48. The molecule has 0 bridgehead atoms. The Morgan fingerprint density at radius 2 is 2.16 bits per heavy atom. The zero-order chi connectivity index (χ0) is 14.6. The van der Waals surface area contributed by atoms with E-state index in [-0.39, 0.29) is 29.2 Å². The first kappa shape index (κ1) is 15.1. The van der Waals surface area contributed by atoms with E-state index >= 15 is 0 Å². The van der Waals surface area contributed by atoms with Gasteiger partial charge in [-0.05, 0) is 18.5 Å². The molecule has 0 fully saturated rings. The number of carbonyl (C=O) groups is 1. The van der Waals surface area contributed by atoms with Gasteiger partial charge in [0.1, 0.15) is 6.20 Å². The lowest BCUT2D eigenvalue weighted by molar-refractivity contribution is -0.384. The van der Waals surface area contributed by atoms with Gasteiger partial charge in [0, 0.05) is 20.6 Å². The average molecular weight is 288 g/mol. The summed E-state index contributed by atoms with van der Waals surface area (Å²) in [6.45, 7) is 2.13. The van der Waals surface area contributed by atoms with Gasteiger partial charge in [0.15, 0.2) is 0 Å². The van der Waals surface area contributed by atoms with Crippen LogP contribution in [0.2, 0.25) is 5.28 Å². The molecule has 1 aromatic rings. The Labute approximate surface area is 115 Å². The molecular weight excluding hydrogens is 274 g/mol. The van der Waals surface area contributed by atoms with Crippen molar-refractivity contribution in [3.8, 4) is 0 Å². The van der Waals surface area contributed by atoms with E-state index < -0.39 is 4.92 Å². The summed E-state index contributed by atoms with van der Waals surface area (Å²) in [6.07, 6.45) is 1.04. The van der Waals surface area contributed by atoms with E-state index in [9.17, 15) is 14.9 Å². The number of carbonyl (C=O) groups excluding carboxylic acids is 1. The summed E-state index contributed by atoms with van der Waals surface area (Å²) in [5.74, 6) is -0.145. The second-order valence-corrected chi connectivity index (χ2v) is 4.25. The number of nitro groups is 1. The molecule has 104 valence electrons. The molecular formula is C10H14ClN5O3. The third-order valence-electron chi connectivity index (χ3n) is 2.42. The molecule has 0 aliphatic heterocycles. The minimum atomic E-state index is -0.603. The third-order valence-corrected chi connectivity index (χ3v) is 2.61. The van der Waals surface area contributed by atoms with E-state index in [0.29, 0.717) is 6.54 Å². The molecule has 0 aliphatic rings. The molecule has 1 aromatic heterocycles. The Bertz CT molecular complexity index is 494. The van der Waals surface area contributed by atoms with Crippen molar-refractivity contribution >= 4 is 29.0 Å². The molecule has 0 aromatic carbocycles. The van der Waals surface area contributed by atoms with Gasteiger partial charge in [-0.2, -0.15) is 4.98 Å². The molecule has 1 rings (SSSR count). The second kappa shape index (κ2) is 6.28. The van der Waals surface area contributed by atoms with Gasteiger partial charge in [0.25, 0.3) is 0 Å². The van der Waals surface area contributed by atoms with E-state index in [1.807, 2.05) is 0 Å². The highest BCUT2D eigenvalue weighted by Gasteiger charge is 2.23. The fourth-order valence-electron chi connectivity index (χ4n) is 1.35. The maximum atomic E-state index is 11.7. The molecule has 0 aliphatic carbocycles. The minimum absolute atomic E-state index is 0.0162. The number of rotatable bonds is 5. The highest BCUT2D eigenvalue weighted by Crippen LogP contribution is 2.25. The largest absolute Gasteiger partial charge is 0.347 e. The molecule has 1 heterocycles. The summed E-state index contributed by atoms with van der Waals surface area (Å²) in [7, 11) is 3.22. The van der Waals surface area contributed by atoms with Crippen LogP contribution < -0.4 is 4.90 Å². The van der Waals surface area contributed by atoms with Crippen LogP contribution in [0, 0.1) is 10.1 Å². The van der Waals surface area contributed by atoms with Gasteiger partial charge in [-0.3, -0.25) is 14.9 Å². The summed E-state index contributed by atoms with van der Waals surface area (Å²) in [5, 5.41) is 10.8. The lowest BCUT2D eigenvalue weighted by atomic mass is 10.4. The molecule has 0 saturated carbocycles. The minimum Gasteiger partial charge on any atom is -0.347 e. The predicted octanol–water partition coefficient (Wildman–Crippen LogP) is 0.953. The summed E-state index contributed by atoms with van der Waals surface area (Å²) in [4.78, 5) is 32.3. The number of hydrogen-bond donors (Lipinski definition) is 0. The summed E-state index contributed by atoms with van der Waals surface area (Å²) < 4.78 is 0. The van der Waals surface area contributed by atoms with Crippen molar-refractivity contribution in [3.05, 3.63) is 21.6 Å². The normalized spacial score (nSPS) is 10.1. The quantitative estimate of drug-likeness (QED) is 0.455. The number of amides is 1. The molecule has 0 N–H and O–H groups in total. The molecule has 0 saturated heterocycles. The standard InChI is InChI=1S/C10H14ClN5O3/c1-4-15(6-8(17)14(2)3)9-7(16(18)19)5-12-10(11)13-9/h5H,4,6H2,1-3H3. The maximum Gasteiger partial charge on any atom is 0.329 e. The van der Waals surface area contributed by atoms with Crippen LogP contribution in [0.4, 0.5) is 11.5 Å². The molecule has 0 unspecified atom stereocenters. The van der Waals surface area contributed by atoms with Crippen molar-refractivity contribution in [2.24, 2.45) is 0 Å². The van der Waals surface area contributed by atoms with Gasteiger partial charge in [-0.15, -0.1) is 0 Å². The SMILES string of the molecule is CCN(CC(=O)N(C)C)c1nc(Cl)ncc1[N+](=O)[O-]. The average Bonchev–Trinajstić information content (AvgIpc) is 2.34. The zero-order valence-corrected chi connectivity index (χ0v) is 11.6. The first-order chi connectivity index (χ1) is 8.86. The number of anilines is 1. The van der Waals surface area contributed by atoms with Crippen LogP contribution in [0.1, 0.15) is 6.92 Å². The van der Waals surface area contributed by atoms with E-state index in [2.05, 4.69) is 9.97 Å². The number of likely N-dealkylation sites (N-methyl/N-ethyl adjacent to an activating group) is 2. The fraction of sp³-hybridized carbons (Fsp3) is 0.500. The molecule has 8 nitrogen and oxygen atoms in total. The first-order valence-corrected chi connectivity index (χ1v) is 5.86. The van der Waals surface area contributed by atoms with Crippen molar-refractivity contribution in [3.63, 3.8) is 0 Å². The molecule has 0 spiro atoms. The van der Waals surface area contributed by atoms with Crippen LogP contribution in [0.5, 0.6) is 0 Å². The van der Waals surface area contributed by atoms with Crippen LogP contribution in [-0.2, 0) is 4.79 Å². The molecule has 0 atom stereocenters. The van der Waals surface area contributed by atoms with Gasteiger partial charge in [-0.25, -0.2) is 4.98 Å². The van der Waals surface area contributed by atoms with E-state index in [1.54, 1.807) is 21.0 Å². The van der Waals surface area contributed by atoms with E-state index in [1.165, 1.54) is 9.80 Å². The van der Waals surface area contributed by atoms with Crippen LogP contribution in [0.15, 0.2) is 6.20 Å². The van der Waals surface area contributed by atoms with Gasteiger partial charge in [0.05, 0.1) is 11.5 Å². The summed E-state index contributed by atoms with van der Waals surface area (Å²) in [6, 6.07) is 0. The lowest BCUT2D eigenvalue weighted by Crippen LogP contribution is -2.37. The third kappa shape index (κ3) is 3.75. The van der Waals surface area contributed by atoms with Crippen LogP contribution >= 0.6 is 11.6 Å². The Balaban J connectivity index is 3.13. The van der Waals surface area contributed by atoms with Gasteiger partial charge >= 0.3 is 5.69 Å². The highest BCUT2D eigenvalue weighted by molar-refractivity contribution is 6.28. The number of halogens is 1. The summed E-state index contributed by atoms with van der Waals surface area (Å²) in [5.41, 5.74) is -0.280. The topological polar surface area (TPSA) is 92.5 Å². The van der Waals surface area contributed by atoms with E-state index in [0.717, 1.165) is 6.20 Å². The fourth-order valence-corrected chi connectivity index (χ4v) is 1.48. The van der Waals surface area contributed by atoms with Crippen molar-refractivity contribution in [2.45, 2.75) is 6.92 Å². The highest BCUT2D eigenvalue weighted by atomic mass is 35.5. The second-order valence-electron chi connectivity index (χ2n) is 3.91. The lowest BCUT2D eigenvalue weighted by Gasteiger charge is -2.22. The van der Waals surface area contributed by atoms with Crippen molar-refractivity contribution in [1.29, 1.82) is 0 Å². The zero-order valence-electron chi connectivity index (χ0n) is 10.8. The van der Waals surface area contributed by atoms with Crippen molar-refractivity contribution in [2.75, 3.05) is 32.1 Å². The monoisotopic (exact) mass is 287 g/mol. The Morgan fingerprint density at radius 3 is 2.63 bits per heavy atom. The van der Waals surface area contributed by atoms with Crippen molar-refractivity contribution in [1.82, 2.24) is 14.9 Å². The van der Waals surface area contributed by atoms with Crippen molar-refractivity contribution < 1.29 is 9.72 Å². The molecule has 19 heavy (non-hydrogen) atoms. The molecule has 0 radical (unpaired) electrons. The Morgan fingerprint density at radius 1 is 1.53 bits per heavy atom. The Hall–Kier alpha value is -1.96. The number of nitrogens with zero attached hydrogens (tertiary/aromatic N) is 5. The smallest absolute Gasteiger partial charge is 0.329 e. The Kier molecular flexibility index (Phi) is 4.99. The van der Waals surface area contributed by atoms with Gasteiger partial charge < -0.3 is 9.80 Å². The van der Waals surface area contributed by atoms with E-state index in [4.69, 9.17) is 11.6 Å². The molecule has 1 amide bonds. The predicted molar refractivity (Wildman–Crippen MR) is 70.3 cm³/mol. The summed E-state index contributed by atoms with van der Waals surface area (Å²) >= 11 is 5.65. The van der Waals surface area contributed by atoms with Crippen LogP contribution in [0.25, 0.3) is 0 Å². The van der Waals surface area contributed by atoms with Crippen LogP contribution in [-0.4, -0.2) is 52.9 Å². The van der Waals surface area contributed by atoms with Gasteiger partial charge in [-0.1, -0.05) is 0 Å². The molecule has 9 heteroatoms.